The summed E-state index contributed by atoms with van der Waals surface area (Å²) < 4.78 is 7.17. The molecule has 7 nitrogen and oxygen atoms in total. The number of hydrogen-bond acceptors (Lipinski definition) is 5. The van der Waals surface area contributed by atoms with Gasteiger partial charge in [0.25, 0.3) is 0 Å². The normalized spacial score (nSPS) is 10.9. The zero-order valence-corrected chi connectivity index (χ0v) is 15.6. The molecular formula is C21H21N5O2. The summed E-state index contributed by atoms with van der Waals surface area (Å²) in [7, 11) is 0. The summed E-state index contributed by atoms with van der Waals surface area (Å²) in [6.07, 6.45) is 7.24. The molecule has 0 aliphatic rings. The van der Waals surface area contributed by atoms with Gasteiger partial charge in [0.15, 0.2) is 5.65 Å². The average molecular weight is 375 g/mol. The Labute approximate surface area is 162 Å². The van der Waals surface area contributed by atoms with Gasteiger partial charge in [-0.15, -0.1) is 0 Å². The van der Waals surface area contributed by atoms with Gasteiger partial charge in [-0.2, -0.15) is 0 Å². The summed E-state index contributed by atoms with van der Waals surface area (Å²) in [6, 6.07) is 11.8. The van der Waals surface area contributed by atoms with Crippen LogP contribution in [0.5, 0.6) is 0 Å². The first-order valence-corrected chi connectivity index (χ1v) is 9.13. The van der Waals surface area contributed by atoms with Gasteiger partial charge in [0.1, 0.15) is 17.3 Å². The predicted molar refractivity (Wildman–Crippen MR) is 107 cm³/mol. The van der Waals surface area contributed by atoms with Gasteiger partial charge >= 0.3 is 0 Å². The number of rotatable bonds is 7. The molecule has 0 atom stereocenters. The van der Waals surface area contributed by atoms with Gasteiger partial charge in [0, 0.05) is 30.9 Å². The Morgan fingerprint density at radius 1 is 1.25 bits per heavy atom. The molecular weight excluding hydrogens is 354 g/mol. The Bertz CT molecular complexity index is 1090. The lowest BCUT2D eigenvalue weighted by Gasteiger charge is -2.09. The highest BCUT2D eigenvalue weighted by Gasteiger charge is 2.14. The smallest absolute Gasteiger partial charge is 0.222 e. The van der Waals surface area contributed by atoms with Crippen LogP contribution in [0.4, 0.5) is 5.82 Å². The van der Waals surface area contributed by atoms with Crippen molar-refractivity contribution in [2.45, 2.75) is 19.9 Å². The minimum Gasteiger partial charge on any atom is -0.467 e. The van der Waals surface area contributed by atoms with E-state index in [4.69, 9.17) is 9.40 Å². The molecule has 4 rings (SSSR count). The third-order valence-corrected chi connectivity index (χ3v) is 4.41. The number of carbonyl (C=O) groups is 1. The Kier molecular flexibility index (Phi) is 5.05. The Balaban J connectivity index is 1.48. The van der Waals surface area contributed by atoms with Crippen molar-refractivity contribution >= 4 is 17.4 Å². The number of amides is 1. The average Bonchev–Trinajstić information content (AvgIpc) is 3.34. The third kappa shape index (κ3) is 3.88. The lowest BCUT2D eigenvalue weighted by molar-refractivity contribution is -0.121. The number of fused-ring (bicyclic) bond motifs is 1. The minimum atomic E-state index is -0.0449. The molecule has 7 heteroatoms. The summed E-state index contributed by atoms with van der Waals surface area (Å²) in [6.45, 7) is 2.93. The molecule has 0 radical (unpaired) electrons. The molecule has 4 aromatic rings. The van der Waals surface area contributed by atoms with Crippen molar-refractivity contribution in [2.75, 3.05) is 11.9 Å². The van der Waals surface area contributed by atoms with Crippen molar-refractivity contribution in [3.63, 3.8) is 0 Å². The Hall–Kier alpha value is -3.61. The van der Waals surface area contributed by atoms with Crippen LogP contribution >= 0.6 is 0 Å². The van der Waals surface area contributed by atoms with E-state index in [-0.39, 0.29) is 5.91 Å². The molecule has 0 fully saturated rings. The number of carbonyl (C=O) groups excluding carboxylic acids is 1. The fourth-order valence-corrected chi connectivity index (χ4v) is 3.05. The van der Waals surface area contributed by atoms with E-state index in [0.29, 0.717) is 19.5 Å². The van der Waals surface area contributed by atoms with E-state index >= 15 is 0 Å². The van der Waals surface area contributed by atoms with Crippen LogP contribution in [0.3, 0.4) is 0 Å². The number of imidazole rings is 1. The Morgan fingerprint density at radius 3 is 3.00 bits per heavy atom. The highest BCUT2D eigenvalue weighted by Crippen LogP contribution is 2.28. The molecule has 3 aromatic heterocycles. The molecule has 1 amide bonds. The number of aryl methyl sites for hydroxylation is 1. The molecule has 0 aliphatic heterocycles. The molecule has 0 saturated carbocycles. The van der Waals surface area contributed by atoms with E-state index in [1.807, 2.05) is 28.8 Å². The molecule has 1 aromatic carbocycles. The zero-order chi connectivity index (χ0) is 19.3. The molecule has 0 spiro atoms. The van der Waals surface area contributed by atoms with Crippen LogP contribution in [0.15, 0.2) is 65.7 Å². The molecule has 0 unspecified atom stereocenters. The second kappa shape index (κ2) is 7.96. The second-order valence-corrected chi connectivity index (χ2v) is 6.52. The van der Waals surface area contributed by atoms with Gasteiger partial charge in [-0.3, -0.25) is 14.2 Å². The number of furan rings is 1. The van der Waals surface area contributed by atoms with E-state index in [9.17, 15) is 4.79 Å². The number of nitrogens with zero attached hydrogens (tertiary/aromatic N) is 3. The van der Waals surface area contributed by atoms with Crippen molar-refractivity contribution in [1.29, 1.82) is 0 Å². The standard InChI is InChI=1S/C21H21N5O2/c1-15-4-2-5-16(12-15)20-21(26-10-9-22-14-18(26)25-20)23-8-7-19(27)24-13-17-6-3-11-28-17/h2-6,9-12,14,23H,7-8,13H2,1H3,(H,24,27). The molecule has 0 bridgehead atoms. The van der Waals surface area contributed by atoms with E-state index < -0.39 is 0 Å². The van der Waals surface area contributed by atoms with Gasteiger partial charge in [0.2, 0.25) is 5.91 Å². The maximum Gasteiger partial charge on any atom is 0.222 e. The summed E-state index contributed by atoms with van der Waals surface area (Å²) in [5, 5.41) is 6.22. The molecule has 0 aliphatic carbocycles. The van der Waals surface area contributed by atoms with Gasteiger partial charge < -0.3 is 15.1 Å². The highest BCUT2D eigenvalue weighted by atomic mass is 16.3. The number of anilines is 1. The lowest BCUT2D eigenvalue weighted by atomic mass is 10.1. The minimum absolute atomic E-state index is 0.0449. The first kappa shape index (κ1) is 17.8. The monoisotopic (exact) mass is 375 g/mol. The topological polar surface area (TPSA) is 84.5 Å². The summed E-state index contributed by atoms with van der Waals surface area (Å²) in [4.78, 5) is 21.0. The van der Waals surface area contributed by atoms with Crippen molar-refractivity contribution in [1.82, 2.24) is 19.7 Å². The van der Waals surface area contributed by atoms with Crippen LogP contribution in [-0.4, -0.2) is 26.8 Å². The van der Waals surface area contributed by atoms with Crippen molar-refractivity contribution in [2.24, 2.45) is 0 Å². The molecule has 142 valence electrons. The second-order valence-electron chi connectivity index (χ2n) is 6.52. The van der Waals surface area contributed by atoms with Crippen LogP contribution in [0.1, 0.15) is 17.7 Å². The third-order valence-electron chi connectivity index (χ3n) is 4.41. The van der Waals surface area contributed by atoms with Gasteiger partial charge in [-0.05, 0) is 25.1 Å². The number of benzene rings is 1. The summed E-state index contributed by atoms with van der Waals surface area (Å²) in [5.74, 6) is 1.54. The molecule has 28 heavy (non-hydrogen) atoms. The molecule has 3 heterocycles. The Morgan fingerprint density at radius 2 is 2.18 bits per heavy atom. The van der Waals surface area contributed by atoms with E-state index in [0.717, 1.165) is 34.0 Å². The zero-order valence-electron chi connectivity index (χ0n) is 15.6. The fraction of sp³-hybridized carbons (Fsp3) is 0.190. The van der Waals surface area contributed by atoms with Gasteiger partial charge in [-0.1, -0.05) is 23.8 Å². The number of hydrogen-bond donors (Lipinski definition) is 2. The molecule has 0 saturated heterocycles. The summed E-state index contributed by atoms with van der Waals surface area (Å²) >= 11 is 0. The number of nitrogens with one attached hydrogen (secondary N) is 2. The maximum absolute atomic E-state index is 12.1. The van der Waals surface area contributed by atoms with Gasteiger partial charge in [-0.25, -0.2) is 4.98 Å². The van der Waals surface area contributed by atoms with Crippen LogP contribution in [0.25, 0.3) is 16.9 Å². The largest absolute Gasteiger partial charge is 0.467 e. The van der Waals surface area contributed by atoms with Crippen molar-refractivity contribution in [3.05, 3.63) is 72.6 Å². The SMILES string of the molecule is Cc1cccc(-c2nc3cnccn3c2NCCC(=O)NCc2ccco2)c1. The quantitative estimate of drug-likeness (QED) is 0.517. The predicted octanol–water partition coefficient (Wildman–Crippen LogP) is 3.42. The number of aromatic nitrogens is 3. The maximum atomic E-state index is 12.1. The first-order chi connectivity index (χ1) is 13.7. The first-order valence-electron chi connectivity index (χ1n) is 9.13. The van der Waals surface area contributed by atoms with E-state index in [2.05, 4.69) is 34.7 Å². The molecule has 2 N–H and O–H groups in total. The van der Waals surface area contributed by atoms with Crippen LogP contribution in [-0.2, 0) is 11.3 Å². The van der Waals surface area contributed by atoms with Gasteiger partial charge in [0.05, 0.1) is 19.0 Å². The van der Waals surface area contributed by atoms with Crippen molar-refractivity contribution < 1.29 is 9.21 Å². The van der Waals surface area contributed by atoms with E-state index in [1.54, 1.807) is 24.7 Å². The van der Waals surface area contributed by atoms with Crippen LogP contribution < -0.4 is 10.6 Å². The van der Waals surface area contributed by atoms with Crippen LogP contribution in [0, 0.1) is 6.92 Å². The fourth-order valence-electron chi connectivity index (χ4n) is 3.05. The van der Waals surface area contributed by atoms with Crippen molar-refractivity contribution in [3.8, 4) is 11.3 Å². The lowest BCUT2D eigenvalue weighted by Crippen LogP contribution is -2.24. The van der Waals surface area contributed by atoms with E-state index in [1.165, 1.54) is 0 Å². The summed E-state index contributed by atoms with van der Waals surface area (Å²) in [5.41, 5.74) is 3.78. The van der Waals surface area contributed by atoms with Crippen LogP contribution in [0.2, 0.25) is 0 Å². The highest BCUT2D eigenvalue weighted by molar-refractivity contribution is 5.78.